The SMILES string of the molecule is NNC(CSc1ccccc1Br)Cc1cc(Br)ccc1F. The summed E-state index contributed by atoms with van der Waals surface area (Å²) in [4.78, 5) is 1.15. The Hall–Kier alpha value is -0.400. The average molecular weight is 434 g/mol. The van der Waals surface area contributed by atoms with E-state index in [9.17, 15) is 4.39 Å². The highest BCUT2D eigenvalue weighted by molar-refractivity contribution is 9.10. The molecule has 0 fully saturated rings. The van der Waals surface area contributed by atoms with E-state index in [4.69, 9.17) is 5.84 Å². The van der Waals surface area contributed by atoms with E-state index in [-0.39, 0.29) is 11.9 Å². The van der Waals surface area contributed by atoms with Crippen LogP contribution in [-0.2, 0) is 6.42 Å². The van der Waals surface area contributed by atoms with Crippen LogP contribution in [0.4, 0.5) is 4.39 Å². The summed E-state index contributed by atoms with van der Waals surface area (Å²) >= 11 is 8.57. The van der Waals surface area contributed by atoms with E-state index in [0.717, 1.165) is 19.6 Å². The Morgan fingerprint density at radius 1 is 1.19 bits per heavy atom. The van der Waals surface area contributed by atoms with E-state index in [1.54, 1.807) is 23.9 Å². The molecule has 0 spiro atoms. The molecular weight excluding hydrogens is 419 g/mol. The molecule has 0 aliphatic carbocycles. The zero-order chi connectivity index (χ0) is 15.2. The van der Waals surface area contributed by atoms with E-state index < -0.39 is 0 Å². The van der Waals surface area contributed by atoms with Gasteiger partial charge in [0.15, 0.2) is 0 Å². The average Bonchev–Trinajstić information content (AvgIpc) is 2.48. The lowest BCUT2D eigenvalue weighted by molar-refractivity contribution is 0.546. The lowest BCUT2D eigenvalue weighted by Crippen LogP contribution is -2.38. The molecule has 2 rings (SSSR count). The van der Waals surface area contributed by atoms with Crippen LogP contribution < -0.4 is 11.3 Å². The first-order chi connectivity index (χ1) is 10.1. The molecule has 1 atom stereocenters. The maximum atomic E-state index is 13.8. The molecule has 0 aliphatic rings. The molecule has 3 N–H and O–H groups in total. The second-order valence-electron chi connectivity index (χ2n) is 4.54. The van der Waals surface area contributed by atoms with Gasteiger partial charge in [0.1, 0.15) is 5.82 Å². The van der Waals surface area contributed by atoms with Gasteiger partial charge in [-0.1, -0.05) is 28.1 Å². The Kier molecular flexibility index (Phi) is 6.70. The molecule has 0 bridgehead atoms. The quantitative estimate of drug-likeness (QED) is 0.399. The maximum Gasteiger partial charge on any atom is 0.126 e. The zero-order valence-corrected chi connectivity index (χ0v) is 15.1. The fourth-order valence-electron chi connectivity index (χ4n) is 1.88. The van der Waals surface area contributed by atoms with Crippen LogP contribution in [-0.4, -0.2) is 11.8 Å². The number of hydrazine groups is 1. The summed E-state index contributed by atoms with van der Waals surface area (Å²) in [5.41, 5.74) is 3.42. The number of hydrogen-bond donors (Lipinski definition) is 2. The predicted octanol–water partition coefficient (Wildman–Crippen LogP) is 4.52. The van der Waals surface area contributed by atoms with Gasteiger partial charge in [0.2, 0.25) is 0 Å². The van der Waals surface area contributed by atoms with E-state index in [1.807, 2.05) is 24.3 Å². The maximum absolute atomic E-state index is 13.8. The van der Waals surface area contributed by atoms with Gasteiger partial charge in [0, 0.05) is 25.6 Å². The third-order valence-electron chi connectivity index (χ3n) is 2.99. The first-order valence-electron chi connectivity index (χ1n) is 6.37. The molecule has 2 nitrogen and oxygen atoms in total. The molecule has 0 saturated heterocycles. The van der Waals surface area contributed by atoms with Crippen molar-refractivity contribution in [3.63, 3.8) is 0 Å². The molecule has 6 heteroatoms. The van der Waals surface area contributed by atoms with Crippen molar-refractivity contribution < 1.29 is 4.39 Å². The normalized spacial score (nSPS) is 12.4. The van der Waals surface area contributed by atoms with Crippen molar-refractivity contribution in [2.75, 3.05) is 5.75 Å². The summed E-state index contributed by atoms with van der Waals surface area (Å²) in [5.74, 6) is 6.15. The molecule has 0 saturated carbocycles. The van der Waals surface area contributed by atoms with Crippen molar-refractivity contribution in [3.8, 4) is 0 Å². The molecule has 2 aromatic rings. The molecule has 21 heavy (non-hydrogen) atoms. The fourth-order valence-corrected chi connectivity index (χ4v) is 3.90. The molecule has 112 valence electrons. The summed E-state index contributed by atoms with van der Waals surface area (Å²) < 4.78 is 15.7. The zero-order valence-electron chi connectivity index (χ0n) is 11.2. The monoisotopic (exact) mass is 432 g/mol. The molecule has 1 unspecified atom stereocenters. The second-order valence-corrected chi connectivity index (χ2v) is 7.38. The number of benzene rings is 2. The number of halogens is 3. The van der Waals surface area contributed by atoms with Gasteiger partial charge in [-0.3, -0.25) is 11.3 Å². The van der Waals surface area contributed by atoms with Crippen molar-refractivity contribution in [2.24, 2.45) is 5.84 Å². The highest BCUT2D eigenvalue weighted by Gasteiger charge is 2.13. The third kappa shape index (κ3) is 5.07. The standard InChI is InChI=1S/C15H15Br2FN2S/c16-11-5-6-14(18)10(7-11)8-12(20-19)9-21-15-4-2-1-3-13(15)17/h1-7,12,20H,8-9,19H2. The molecule has 2 aromatic carbocycles. The molecule has 0 aliphatic heterocycles. The number of rotatable bonds is 6. The van der Waals surface area contributed by atoms with Gasteiger partial charge < -0.3 is 0 Å². The minimum absolute atomic E-state index is 0.00842. The first kappa shape index (κ1) is 17.0. The van der Waals surface area contributed by atoms with Crippen molar-refractivity contribution in [1.29, 1.82) is 0 Å². The van der Waals surface area contributed by atoms with Gasteiger partial charge >= 0.3 is 0 Å². The van der Waals surface area contributed by atoms with Crippen LogP contribution in [0.25, 0.3) is 0 Å². The van der Waals surface area contributed by atoms with Gasteiger partial charge in [-0.05, 0) is 58.2 Å². The van der Waals surface area contributed by atoms with Gasteiger partial charge in [-0.25, -0.2) is 4.39 Å². The van der Waals surface area contributed by atoms with Crippen molar-refractivity contribution in [2.45, 2.75) is 17.4 Å². The van der Waals surface area contributed by atoms with Crippen LogP contribution in [0.2, 0.25) is 0 Å². The van der Waals surface area contributed by atoms with Crippen molar-refractivity contribution in [1.82, 2.24) is 5.43 Å². The van der Waals surface area contributed by atoms with E-state index in [2.05, 4.69) is 37.3 Å². The van der Waals surface area contributed by atoms with Crippen LogP contribution in [0.5, 0.6) is 0 Å². The molecular formula is C15H15Br2FN2S. The first-order valence-corrected chi connectivity index (χ1v) is 8.94. The number of nitrogens with two attached hydrogens (primary N) is 1. The van der Waals surface area contributed by atoms with Gasteiger partial charge in [0.25, 0.3) is 0 Å². The molecule has 0 amide bonds. The van der Waals surface area contributed by atoms with Crippen molar-refractivity contribution >= 4 is 43.6 Å². The van der Waals surface area contributed by atoms with E-state index in [1.165, 1.54) is 6.07 Å². The van der Waals surface area contributed by atoms with Crippen molar-refractivity contribution in [3.05, 3.63) is 62.8 Å². The third-order valence-corrected chi connectivity index (χ3v) is 5.67. The highest BCUT2D eigenvalue weighted by atomic mass is 79.9. The summed E-state index contributed by atoms with van der Waals surface area (Å²) in [6.07, 6.45) is 0.541. The number of nitrogens with one attached hydrogen (secondary N) is 1. The second kappa shape index (κ2) is 8.29. The Bertz CT molecular complexity index is 610. The van der Waals surface area contributed by atoms with E-state index in [0.29, 0.717) is 12.0 Å². The van der Waals surface area contributed by atoms with E-state index >= 15 is 0 Å². The Morgan fingerprint density at radius 3 is 2.67 bits per heavy atom. The number of thioether (sulfide) groups is 1. The minimum Gasteiger partial charge on any atom is -0.271 e. The van der Waals surface area contributed by atoms with Crippen LogP contribution in [0.1, 0.15) is 5.56 Å². The summed E-state index contributed by atoms with van der Waals surface area (Å²) in [6.45, 7) is 0. The molecule has 0 aromatic heterocycles. The Morgan fingerprint density at radius 2 is 1.95 bits per heavy atom. The highest BCUT2D eigenvalue weighted by Crippen LogP contribution is 2.28. The largest absolute Gasteiger partial charge is 0.271 e. The summed E-state index contributed by atoms with van der Waals surface area (Å²) in [5, 5.41) is 0. The van der Waals surface area contributed by atoms with Gasteiger partial charge in [-0.2, -0.15) is 0 Å². The number of hydrogen-bond acceptors (Lipinski definition) is 3. The lowest BCUT2D eigenvalue weighted by Gasteiger charge is -2.16. The van der Waals surface area contributed by atoms with Gasteiger partial charge in [0.05, 0.1) is 0 Å². The minimum atomic E-state index is -0.204. The summed E-state index contributed by atoms with van der Waals surface area (Å²) in [7, 11) is 0. The van der Waals surface area contributed by atoms with Crippen LogP contribution in [0.15, 0.2) is 56.3 Å². The van der Waals surface area contributed by atoms with Crippen LogP contribution in [0.3, 0.4) is 0 Å². The topological polar surface area (TPSA) is 38.0 Å². The predicted molar refractivity (Wildman–Crippen MR) is 93.8 cm³/mol. The van der Waals surface area contributed by atoms with Crippen LogP contribution in [0, 0.1) is 5.82 Å². The lowest BCUT2D eigenvalue weighted by atomic mass is 10.1. The van der Waals surface area contributed by atoms with Gasteiger partial charge in [-0.15, -0.1) is 11.8 Å². The van der Waals surface area contributed by atoms with Crippen LogP contribution >= 0.6 is 43.6 Å². The smallest absolute Gasteiger partial charge is 0.126 e. The Balaban J connectivity index is 2.00. The molecule has 0 radical (unpaired) electrons. The summed E-state index contributed by atoms with van der Waals surface area (Å²) in [6, 6.07) is 13.0. The fraction of sp³-hybridized carbons (Fsp3) is 0.200. The molecule has 0 heterocycles. The Labute approximate surface area is 144 Å².